The maximum atomic E-state index is 11.9. The van der Waals surface area contributed by atoms with Crippen molar-refractivity contribution < 1.29 is 4.79 Å². The molecule has 20 heavy (non-hydrogen) atoms. The molecule has 1 fully saturated rings. The zero-order valence-electron chi connectivity index (χ0n) is 11.3. The molecular formula is C14H20BrClN2OS. The maximum Gasteiger partial charge on any atom is 0.222 e. The van der Waals surface area contributed by atoms with Crippen molar-refractivity contribution in [2.75, 3.05) is 31.9 Å². The van der Waals surface area contributed by atoms with Crippen LogP contribution < -0.4 is 5.32 Å². The second-order valence-electron chi connectivity index (χ2n) is 4.54. The molecule has 0 radical (unpaired) electrons. The van der Waals surface area contributed by atoms with Gasteiger partial charge in [0.2, 0.25) is 5.91 Å². The van der Waals surface area contributed by atoms with Gasteiger partial charge in [0.1, 0.15) is 0 Å². The van der Waals surface area contributed by atoms with E-state index in [4.69, 9.17) is 0 Å². The Kier molecular flexibility index (Phi) is 8.61. The van der Waals surface area contributed by atoms with Crippen molar-refractivity contribution in [2.24, 2.45) is 0 Å². The van der Waals surface area contributed by atoms with Crippen LogP contribution in [0, 0.1) is 0 Å². The first-order chi connectivity index (χ1) is 9.25. The van der Waals surface area contributed by atoms with Gasteiger partial charge in [0.05, 0.1) is 0 Å². The number of nitrogens with one attached hydrogen (secondary N) is 1. The van der Waals surface area contributed by atoms with Crippen LogP contribution in [0.4, 0.5) is 0 Å². The summed E-state index contributed by atoms with van der Waals surface area (Å²) in [6.07, 6.45) is 1.62. The SMILES string of the molecule is Cl.O=C(CCCSc1ccc(Br)cc1)N1CCNCC1. The highest BCUT2D eigenvalue weighted by Gasteiger charge is 2.15. The van der Waals surface area contributed by atoms with Crippen LogP contribution in [-0.2, 0) is 4.79 Å². The van der Waals surface area contributed by atoms with Crippen molar-refractivity contribution in [1.82, 2.24) is 10.2 Å². The molecule has 6 heteroatoms. The number of piperazine rings is 1. The van der Waals surface area contributed by atoms with Crippen LogP contribution >= 0.6 is 40.1 Å². The van der Waals surface area contributed by atoms with E-state index in [9.17, 15) is 4.79 Å². The van der Waals surface area contributed by atoms with Crippen LogP contribution in [0.15, 0.2) is 33.6 Å². The first kappa shape index (κ1) is 17.8. The fourth-order valence-electron chi connectivity index (χ4n) is 2.02. The summed E-state index contributed by atoms with van der Waals surface area (Å²) in [7, 11) is 0. The molecule has 0 unspecified atom stereocenters. The Labute approximate surface area is 139 Å². The summed E-state index contributed by atoms with van der Waals surface area (Å²) in [5.74, 6) is 1.30. The molecule has 1 aliphatic rings. The fourth-order valence-corrected chi connectivity index (χ4v) is 3.13. The van der Waals surface area contributed by atoms with Crippen molar-refractivity contribution in [3.63, 3.8) is 0 Å². The predicted molar refractivity (Wildman–Crippen MR) is 90.8 cm³/mol. The smallest absolute Gasteiger partial charge is 0.222 e. The quantitative estimate of drug-likeness (QED) is 0.630. The topological polar surface area (TPSA) is 32.3 Å². The van der Waals surface area contributed by atoms with E-state index in [2.05, 4.69) is 33.4 Å². The lowest BCUT2D eigenvalue weighted by molar-refractivity contribution is -0.131. The summed E-state index contributed by atoms with van der Waals surface area (Å²) in [6, 6.07) is 8.31. The number of nitrogens with zero attached hydrogens (tertiary/aromatic N) is 1. The minimum absolute atomic E-state index is 0. The number of carbonyl (C=O) groups excluding carboxylic acids is 1. The average Bonchev–Trinajstić information content (AvgIpc) is 2.46. The highest BCUT2D eigenvalue weighted by Crippen LogP contribution is 2.21. The van der Waals surface area contributed by atoms with E-state index in [0.29, 0.717) is 12.3 Å². The fraction of sp³-hybridized carbons (Fsp3) is 0.500. The summed E-state index contributed by atoms with van der Waals surface area (Å²) in [5, 5.41) is 3.26. The number of amides is 1. The van der Waals surface area contributed by atoms with E-state index >= 15 is 0 Å². The Bertz CT molecular complexity index is 410. The van der Waals surface area contributed by atoms with E-state index in [1.54, 1.807) is 0 Å². The summed E-state index contributed by atoms with van der Waals surface area (Å²) >= 11 is 5.24. The molecule has 2 rings (SSSR count). The lowest BCUT2D eigenvalue weighted by Crippen LogP contribution is -2.46. The summed E-state index contributed by atoms with van der Waals surface area (Å²) < 4.78 is 1.10. The molecule has 1 aromatic carbocycles. The van der Waals surface area contributed by atoms with Gasteiger partial charge < -0.3 is 10.2 Å². The minimum atomic E-state index is 0. The molecule has 0 spiro atoms. The van der Waals surface area contributed by atoms with E-state index < -0.39 is 0 Å². The highest BCUT2D eigenvalue weighted by atomic mass is 79.9. The Morgan fingerprint density at radius 3 is 2.55 bits per heavy atom. The minimum Gasteiger partial charge on any atom is -0.340 e. The lowest BCUT2D eigenvalue weighted by atomic mass is 10.2. The van der Waals surface area contributed by atoms with Crippen molar-refractivity contribution in [1.29, 1.82) is 0 Å². The molecule has 1 saturated heterocycles. The van der Waals surface area contributed by atoms with Crippen LogP contribution in [0.3, 0.4) is 0 Å². The molecule has 1 N–H and O–H groups in total. The zero-order valence-corrected chi connectivity index (χ0v) is 14.5. The predicted octanol–water partition coefficient (Wildman–Crippen LogP) is 3.18. The van der Waals surface area contributed by atoms with Gasteiger partial charge in [-0.25, -0.2) is 0 Å². The van der Waals surface area contributed by atoms with Gasteiger partial charge in [0.25, 0.3) is 0 Å². The molecule has 0 aliphatic carbocycles. The second kappa shape index (κ2) is 9.66. The zero-order chi connectivity index (χ0) is 13.5. The number of carbonyl (C=O) groups is 1. The first-order valence-corrected chi connectivity index (χ1v) is 8.40. The Morgan fingerprint density at radius 2 is 1.90 bits per heavy atom. The number of benzene rings is 1. The first-order valence-electron chi connectivity index (χ1n) is 6.62. The van der Waals surface area contributed by atoms with E-state index in [1.165, 1.54) is 4.90 Å². The van der Waals surface area contributed by atoms with Gasteiger partial charge in [-0.1, -0.05) is 15.9 Å². The molecular weight excluding hydrogens is 360 g/mol. The molecule has 1 amide bonds. The van der Waals surface area contributed by atoms with Crippen LogP contribution in [0.2, 0.25) is 0 Å². The second-order valence-corrected chi connectivity index (χ2v) is 6.62. The number of rotatable bonds is 5. The molecule has 1 aliphatic heterocycles. The van der Waals surface area contributed by atoms with Gasteiger partial charge in [0.15, 0.2) is 0 Å². The van der Waals surface area contributed by atoms with Gasteiger partial charge in [-0.05, 0) is 36.4 Å². The third-order valence-electron chi connectivity index (χ3n) is 3.09. The monoisotopic (exact) mass is 378 g/mol. The summed E-state index contributed by atoms with van der Waals surface area (Å²) in [4.78, 5) is 15.2. The molecule has 112 valence electrons. The van der Waals surface area contributed by atoms with Crippen molar-refractivity contribution in [2.45, 2.75) is 17.7 Å². The van der Waals surface area contributed by atoms with E-state index in [-0.39, 0.29) is 12.4 Å². The third-order valence-corrected chi connectivity index (χ3v) is 4.71. The van der Waals surface area contributed by atoms with Gasteiger partial charge in [-0.15, -0.1) is 24.2 Å². The van der Waals surface area contributed by atoms with E-state index in [1.807, 2.05) is 28.8 Å². The van der Waals surface area contributed by atoms with E-state index in [0.717, 1.165) is 42.8 Å². The van der Waals surface area contributed by atoms with Crippen LogP contribution in [-0.4, -0.2) is 42.7 Å². The van der Waals surface area contributed by atoms with Crippen LogP contribution in [0.25, 0.3) is 0 Å². The summed E-state index contributed by atoms with van der Waals surface area (Å²) in [6.45, 7) is 3.58. The lowest BCUT2D eigenvalue weighted by Gasteiger charge is -2.27. The molecule has 0 saturated carbocycles. The molecule has 1 heterocycles. The number of hydrogen-bond acceptors (Lipinski definition) is 3. The normalized spacial score (nSPS) is 14.8. The van der Waals surface area contributed by atoms with Crippen LogP contribution in [0.5, 0.6) is 0 Å². The van der Waals surface area contributed by atoms with Gasteiger partial charge in [-0.2, -0.15) is 0 Å². The van der Waals surface area contributed by atoms with Gasteiger partial charge >= 0.3 is 0 Å². The molecule has 0 aromatic heterocycles. The number of halogens is 2. The van der Waals surface area contributed by atoms with Gasteiger partial charge in [-0.3, -0.25) is 4.79 Å². The molecule has 1 aromatic rings. The Balaban J connectivity index is 0.00000200. The van der Waals surface area contributed by atoms with Crippen LogP contribution in [0.1, 0.15) is 12.8 Å². The average molecular weight is 380 g/mol. The standard InChI is InChI=1S/C14H19BrN2OS.ClH/c15-12-3-5-13(6-4-12)19-11-1-2-14(18)17-9-7-16-8-10-17;/h3-6,16H,1-2,7-11H2;1H. The molecule has 0 atom stereocenters. The van der Waals surface area contributed by atoms with Crippen molar-refractivity contribution in [3.05, 3.63) is 28.7 Å². The number of hydrogen-bond donors (Lipinski definition) is 1. The molecule has 0 bridgehead atoms. The van der Waals surface area contributed by atoms with Crippen molar-refractivity contribution in [3.8, 4) is 0 Å². The number of thioether (sulfide) groups is 1. The largest absolute Gasteiger partial charge is 0.340 e. The Morgan fingerprint density at radius 1 is 1.25 bits per heavy atom. The Hall–Kier alpha value is -0.230. The maximum absolute atomic E-state index is 11.9. The third kappa shape index (κ3) is 6.04. The van der Waals surface area contributed by atoms with Gasteiger partial charge in [0, 0.05) is 42.0 Å². The molecule has 3 nitrogen and oxygen atoms in total. The van der Waals surface area contributed by atoms with Crippen molar-refractivity contribution >= 4 is 46.0 Å². The highest BCUT2D eigenvalue weighted by molar-refractivity contribution is 9.10. The summed E-state index contributed by atoms with van der Waals surface area (Å²) in [5.41, 5.74) is 0.